The minimum absolute atomic E-state index is 1.94. The smallest absolute Gasteiger partial charge is 0.264 e. The molecular formula is C2H2ClF3O4S. The third-order valence-corrected chi connectivity index (χ3v) is 0.286. The first-order valence-electron chi connectivity index (χ1n) is 1.70. The van der Waals surface area contributed by atoms with Crippen molar-refractivity contribution in [1.29, 1.82) is 0 Å². The second kappa shape index (κ2) is 5.35. The zero-order valence-corrected chi connectivity index (χ0v) is 6.20. The molecule has 0 amide bonds. The van der Waals surface area contributed by atoms with Crippen LogP contribution in [0.2, 0.25) is 0 Å². The fourth-order valence-electron chi connectivity index (χ4n) is 0. The first-order chi connectivity index (χ1) is 4.64. The molecule has 0 atom stereocenters. The molecule has 0 aromatic heterocycles. The molecule has 2 N–H and O–H groups in total. The predicted molar refractivity (Wildman–Crippen MR) is 30.4 cm³/mol. The normalized spacial score (nSPS) is 9.64. The van der Waals surface area contributed by atoms with Crippen molar-refractivity contribution in [1.82, 2.24) is 0 Å². The molecule has 0 heterocycles. The molecule has 68 valence electrons. The van der Waals surface area contributed by atoms with Crippen LogP contribution in [0, 0.1) is 0 Å². The Balaban J connectivity index is 0. The highest BCUT2D eigenvalue weighted by Gasteiger charge is 1.95. The lowest BCUT2D eigenvalue weighted by Gasteiger charge is -1.70. The lowest BCUT2D eigenvalue weighted by molar-refractivity contribution is 0.380. The highest BCUT2D eigenvalue weighted by Crippen LogP contribution is 2.11. The Bertz CT molecular complexity index is 208. The van der Waals surface area contributed by atoms with E-state index >= 15 is 0 Å². The van der Waals surface area contributed by atoms with Crippen molar-refractivity contribution in [3.63, 3.8) is 0 Å². The van der Waals surface area contributed by atoms with Gasteiger partial charge in [0.1, 0.15) is 0 Å². The quantitative estimate of drug-likeness (QED) is 0.601. The molecule has 0 aliphatic rings. The van der Waals surface area contributed by atoms with Crippen molar-refractivity contribution in [3.05, 3.63) is 11.4 Å². The molecular weight excluding hydrogens is 213 g/mol. The molecule has 0 bridgehead atoms. The van der Waals surface area contributed by atoms with Gasteiger partial charge in [0.15, 0.2) is 0 Å². The van der Waals surface area contributed by atoms with Crippen molar-refractivity contribution in [2.45, 2.75) is 0 Å². The zero-order valence-electron chi connectivity index (χ0n) is 4.63. The average molecular weight is 215 g/mol. The predicted octanol–water partition coefficient (Wildman–Crippen LogP) is 1.61. The summed E-state index contributed by atoms with van der Waals surface area (Å²) >= 11 is 4.08. The van der Waals surface area contributed by atoms with E-state index in [1.165, 1.54) is 0 Å². The SMILES string of the molecule is FC(F)=C(F)Cl.O=S(=O)(O)O. The van der Waals surface area contributed by atoms with Crippen molar-refractivity contribution in [2.24, 2.45) is 0 Å². The van der Waals surface area contributed by atoms with E-state index in [1.807, 2.05) is 0 Å². The van der Waals surface area contributed by atoms with Crippen molar-refractivity contribution >= 4 is 22.0 Å². The number of hydrogen-bond donors (Lipinski definition) is 2. The number of hydrogen-bond acceptors (Lipinski definition) is 2. The van der Waals surface area contributed by atoms with Crippen molar-refractivity contribution < 1.29 is 30.7 Å². The largest absolute Gasteiger partial charge is 0.394 e. The first kappa shape index (κ1) is 13.3. The lowest BCUT2D eigenvalue weighted by atomic mass is 11.1. The molecule has 0 saturated carbocycles. The molecule has 0 rings (SSSR count). The van der Waals surface area contributed by atoms with Gasteiger partial charge < -0.3 is 0 Å². The Hall–Kier alpha value is -0.310. The Morgan fingerprint density at radius 3 is 1.27 bits per heavy atom. The maximum Gasteiger partial charge on any atom is 0.394 e. The molecule has 0 aromatic rings. The van der Waals surface area contributed by atoms with E-state index in [0.29, 0.717) is 0 Å². The Morgan fingerprint density at radius 1 is 1.18 bits per heavy atom. The van der Waals surface area contributed by atoms with Crippen LogP contribution >= 0.6 is 11.6 Å². The van der Waals surface area contributed by atoms with Gasteiger partial charge in [0.05, 0.1) is 0 Å². The lowest BCUT2D eigenvalue weighted by Crippen LogP contribution is -1.89. The fourth-order valence-corrected chi connectivity index (χ4v) is 0. The second-order valence-corrected chi connectivity index (χ2v) is 2.20. The highest BCUT2D eigenvalue weighted by atomic mass is 35.5. The van der Waals surface area contributed by atoms with E-state index in [9.17, 15) is 13.2 Å². The molecule has 9 heteroatoms. The molecule has 0 saturated heterocycles. The van der Waals surface area contributed by atoms with Gasteiger partial charge in [0.2, 0.25) is 0 Å². The van der Waals surface area contributed by atoms with E-state index in [2.05, 4.69) is 11.6 Å². The Labute approximate surface area is 64.9 Å². The van der Waals surface area contributed by atoms with Gasteiger partial charge in [-0.1, -0.05) is 0 Å². The van der Waals surface area contributed by atoms with Gasteiger partial charge >= 0.3 is 16.5 Å². The van der Waals surface area contributed by atoms with Crippen LogP contribution < -0.4 is 0 Å². The monoisotopic (exact) mass is 214 g/mol. The summed E-state index contributed by atoms with van der Waals surface area (Å²) in [7, 11) is -4.67. The minimum Gasteiger partial charge on any atom is -0.264 e. The van der Waals surface area contributed by atoms with E-state index in [1.54, 1.807) is 0 Å². The third-order valence-electron chi connectivity index (χ3n) is 0.143. The summed E-state index contributed by atoms with van der Waals surface area (Å²) in [5.41, 5.74) is 0. The fraction of sp³-hybridized carbons (Fsp3) is 0. The molecule has 0 aliphatic carbocycles. The molecule has 0 fully saturated rings. The van der Waals surface area contributed by atoms with E-state index in [4.69, 9.17) is 17.5 Å². The summed E-state index contributed by atoms with van der Waals surface area (Å²) < 4.78 is 63.4. The number of halogens is 4. The van der Waals surface area contributed by atoms with E-state index in [-0.39, 0.29) is 0 Å². The van der Waals surface area contributed by atoms with Crippen LogP contribution in [0.3, 0.4) is 0 Å². The maximum absolute atomic E-state index is 10.7. The number of rotatable bonds is 0. The van der Waals surface area contributed by atoms with E-state index in [0.717, 1.165) is 0 Å². The van der Waals surface area contributed by atoms with Crippen LogP contribution in [0.1, 0.15) is 0 Å². The summed E-state index contributed by atoms with van der Waals surface area (Å²) in [6, 6.07) is 0. The van der Waals surface area contributed by atoms with Crippen LogP contribution in [0.15, 0.2) is 11.4 Å². The van der Waals surface area contributed by atoms with Crippen LogP contribution in [-0.2, 0) is 10.4 Å². The Kier molecular flexibility index (Phi) is 6.47. The summed E-state index contributed by atoms with van der Waals surface area (Å²) in [6.07, 6.45) is -2.48. The highest BCUT2D eigenvalue weighted by molar-refractivity contribution is 7.79. The van der Waals surface area contributed by atoms with Crippen molar-refractivity contribution in [2.75, 3.05) is 0 Å². The standard InChI is InChI=1S/C2ClF3.H2O4S/c3-1(4)2(5)6;1-5(2,3)4/h;(H2,1,2,3,4). The molecule has 0 aromatic carbocycles. The molecule has 11 heavy (non-hydrogen) atoms. The van der Waals surface area contributed by atoms with Gasteiger partial charge in [-0.25, -0.2) is 0 Å². The van der Waals surface area contributed by atoms with Gasteiger partial charge in [-0.05, 0) is 11.6 Å². The first-order valence-corrected chi connectivity index (χ1v) is 3.48. The van der Waals surface area contributed by atoms with Gasteiger partial charge in [0.25, 0.3) is 5.29 Å². The summed E-state index contributed by atoms with van der Waals surface area (Å²) in [4.78, 5) is 0. The summed E-state index contributed by atoms with van der Waals surface area (Å²) in [5.74, 6) is 0. The molecule has 0 spiro atoms. The Morgan fingerprint density at radius 2 is 1.27 bits per heavy atom. The van der Waals surface area contributed by atoms with E-state index < -0.39 is 21.8 Å². The van der Waals surface area contributed by atoms with Crippen LogP contribution in [0.5, 0.6) is 0 Å². The van der Waals surface area contributed by atoms with Gasteiger partial charge in [-0.15, -0.1) is 0 Å². The van der Waals surface area contributed by atoms with Gasteiger partial charge in [0, 0.05) is 0 Å². The second-order valence-electron chi connectivity index (χ2n) is 0.969. The molecule has 0 radical (unpaired) electrons. The van der Waals surface area contributed by atoms with Crippen LogP contribution in [0.4, 0.5) is 13.2 Å². The zero-order chi connectivity index (χ0) is 9.65. The third kappa shape index (κ3) is 42.1. The molecule has 4 nitrogen and oxygen atoms in total. The van der Waals surface area contributed by atoms with Crippen molar-refractivity contribution in [3.8, 4) is 0 Å². The maximum atomic E-state index is 10.7. The van der Waals surface area contributed by atoms with Gasteiger partial charge in [-0.2, -0.15) is 21.6 Å². The van der Waals surface area contributed by atoms with Crippen LogP contribution in [-0.4, -0.2) is 17.5 Å². The topological polar surface area (TPSA) is 74.6 Å². The minimum atomic E-state index is -4.67. The van der Waals surface area contributed by atoms with Crippen LogP contribution in [0.25, 0.3) is 0 Å². The summed E-state index contributed by atoms with van der Waals surface area (Å²) in [6.45, 7) is 0. The molecule has 0 unspecified atom stereocenters. The average Bonchev–Trinajstić information content (AvgIpc) is 1.59. The summed E-state index contributed by atoms with van der Waals surface area (Å²) in [5, 5.41) is -1.94. The molecule has 0 aliphatic heterocycles. The van der Waals surface area contributed by atoms with Gasteiger partial charge in [-0.3, -0.25) is 9.11 Å².